The standard InChI is InChI=1S/C28H30N8O2/c1-4-29-27(37)35-11-5-6-21(17-35)36-26-22-12-18(7-10-24(22)31-15-25(26)34(3)28(36)38)19-8-9-23(30-13-19)20-14-32-33(2)16-20/h7-10,12-16,21H,4-6,11,17H2,1-3H3,(H,29,37)/t21-/m1/s1. The maximum atomic E-state index is 13.5. The molecule has 2 amide bonds. The van der Waals surface area contributed by atoms with Crippen LogP contribution in [-0.4, -0.2) is 59.4 Å². The number of fused-ring (bicyclic) bond motifs is 3. The highest BCUT2D eigenvalue weighted by molar-refractivity contribution is 6.04. The quantitative estimate of drug-likeness (QED) is 0.397. The summed E-state index contributed by atoms with van der Waals surface area (Å²) in [7, 11) is 3.67. The van der Waals surface area contributed by atoms with Crippen molar-refractivity contribution in [1.82, 2.24) is 39.1 Å². The van der Waals surface area contributed by atoms with Crippen LogP contribution in [0.2, 0.25) is 0 Å². The highest BCUT2D eigenvalue weighted by Crippen LogP contribution is 2.32. The largest absolute Gasteiger partial charge is 0.338 e. The maximum absolute atomic E-state index is 13.5. The van der Waals surface area contributed by atoms with Crippen molar-refractivity contribution in [3.05, 3.63) is 65.6 Å². The van der Waals surface area contributed by atoms with Crippen molar-refractivity contribution < 1.29 is 4.79 Å². The molecule has 0 spiro atoms. The summed E-state index contributed by atoms with van der Waals surface area (Å²) in [6.07, 6.45) is 9.04. The van der Waals surface area contributed by atoms with Gasteiger partial charge in [-0.1, -0.05) is 12.1 Å². The lowest BCUT2D eigenvalue weighted by molar-refractivity contribution is 0.167. The molecule has 4 aromatic heterocycles. The third-order valence-corrected chi connectivity index (χ3v) is 7.39. The van der Waals surface area contributed by atoms with Gasteiger partial charge in [-0.15, -0.1) is 0 Å². The van der Waals surface area contributed by atoms with E-state index in [4.69, 9.17) is 0 Å². The zero-order valence-corrected chi connectivity index (χ0v) is 21.8. The number of piperidine rings is 1. The average molecular weight is 511 g/mol. The first kappa shape index (κ1) is 23.9. The van der Waals surface area contributed by atoms with E-state index in [1.54, 1.807) is 28.7 Å². The zero-order valence-electron chi connectivity index (χ0n) is 21.8. The minimum Gasteiger partial charge on any atom is -0.338 e. The normalized spacial score (nSPS) is 15.9. The van der Waals surface area contributed by atoms with Gasteiger partial charge >= 0.3 is 11.7 Å². The van der Waals surface area contributed by atoms with Crippen LogP contribution >= 0.6 is 0 Å². The number of carbonyl (C=O) groups excluding carboxylic acids is 1. The van der Waals surface area contributed by atoms with Crippen LogP contribution in [-0.2, 0) is 14.1 Å². The number of imidazole rings is 1. The van der Waals surface area contributed by atoms with Gasteiger partial charge in [0, 0.05) is 62.6 Å². The minimum atomic E-state index is -0.114. The molecule has 1 aliphatic rings. The van der Waals surface area contributed by atoms with Crippen molar-refractivity contribution in [1.29, 1.82) is 0 Å². The van der Waals surface area contributed by atoms with Gasteiger partial charge in [-0.3, -0.25) is 23.8 Å². The van der Waals surface area contributed by atoms with E-state index >= 15 is 0 Å². The summed E-state index contributed by atoms with van der Waals surface area (Å²) in [5.41, 5.74) is 6.14. The number of pyridine rings is 2. The van der Waals surface area contributed by atoms with Crippen LogP contribution in [0, 0.1) is 0 Å². The van der Waals surface area contributed by atoms with E-state index in [2.05, 4.69) is 26.4 Å². The number of carbonyl (C=O) groups is 1. The predicted molar refractivity (Wildman–Crippen MR) is 147 cm³/mol. The van der Waals surface area contributed by atoms with Crippen LogP contribution in [0.3, 0.4) is 0 Å². The third kappa shape index (κ3) is 4.02. The lowest BCUT2D eigenvalue weighted by atomic mass is 10.0. The van der Waals surface area contributed by atoms with Crippen molar-refractivity contribution in [3.8, 4) is 22.4 Å². The highest BCUT2D eigenvalue weighted by atomic mass is 16.2. The van der Waals surface area contributed by atoms with E-state index in [0.717, 1.165) is 57.2 Å². The Labute approximate surface area is 219 Å². The topological polar surface area (TPSA) is 103 Å². The summed E-state index contributed by atoms with van der Waals surface area (Å²) < 4.78 is 5.29. The van der Waals surface area contributed by atoms with Crippen LogP contribution in [0.15, 0.2) is 59.9 Å². The molecule has 0 saturated carbocycles. The molecule has 6 rings (SSSR count). The first-order valence-corrected chi connectivity index (χ1v) is 12.9. The third-order valence-electron chi connectivity index (χ3n) is 7.39. The number of likely N-dealkylation sites (tertiary alicyclic amines) is 1. The Morgan fingerprint density at radius 1 is 1.05 bits per heavy atom. The fraction of sp³-hybridized carbons (Fsp3) is 0.321. The van der Waals surface area contributed by atoms with Crippen molar-refractivity contribution in [2.24, 2.45) is 14.1 Å². The molecule has 1 atom stereocenters. The number of aryl methyl sites for hydroxylation is 2. The zero-order chi connectivity index (χ0) is 26.4. The van der Waals surface area contributed by atoms with Gasteiger partial charge in [0.25, 0.3) is 0 Å². The Kier molecular flexibility index (Phi) is 5.94. The molecule has 0 aliphatic carbocycles. The first-order chi connectivity index (χ1) is 18.4. The van der Waals surface area contributed by atoms with Crippen molar-refractivity contribution in [2.75, 3.05) is 19.6 Å². The summed E-state index contributed by atoms with van der Waals surface area (Å²) >= 11 is 0. The molecule has 10 heteroatoms. The van der Waals surface area contributed by atoms with Gasteiger partial charge in [0.1, 0.15) is 0 Å². The van der Waals surface area contributed by atoms with Gasteiger partial charge in [0.05, 0.1) is 40.7 Å². The fourth-order valence-corrected chi connectivity index (χ4v) is 5.45. The maximum Gasteiger partial charge on any atom is 0.329 e. The number of hydrogen-bond acceptors (Lipinski definition) is 5. The number of urea groups is 1. The van der Waals surface area contributed by atoms with Crippen LogP contribution in [0.25, 0.3) is 44.3 Å². The summed E-state index contributed by atoms with van der Waals surface area (Å²) in [5.74, 6) is 0. The van der Waals surface area contributed by atoms with Gasteiger partial charge in [0.2, 0.25) is 0 Å². The first-order valence-electron chi connectivity index (χ1n) is 12.9. The number of rotatable bonds is 4. The number of aromatic nitrogens is 6. The van der Waals surface area contributed by atoms with Gasteiger partial charge < -0.3 is 10.2 Å². The molecule has 1 saturated heterocycles. The fourth-order valence-electron chi connectivity index (χ4n) is 5.45. The minimum absolute atomic E-state index is 0.0819. The Bertz CT molecular complexity index is 1710. The SMILES string of the molecule is CCNC(=O)N1CCC[C@@H](n2c(=O)n(C)c3cnc4ccc(-c5ccc(-c6cnn(C)c6)nc5)cc4c32)C1. The molecular weight excluding hydrogens is 480 g/mol. The molecule has 0 radical (unpaired) electrons. The second-order valence-electron chi connectivity index (χ2n) is 9.85. The van der Waals surface area contributed by atoms with Crippen LogP contribution in [0.4, 0.5) is 4.79 Å². The van der Waals surface area contributed by atoms with Crippen molar-refractivity contribution in [3.63, 3.8) is 0 Å². The Balaban J connectivity index is 1.44. The summed E-state index contributed by atoms with van der Waals surface area (Å²) in [4.78, 5) is 37.2. The smallest absolute Gasteiger partial charge is 0.329 e. The van der Waals surface area contributed by atoms with Crippen molar-refractivity contribution in [2.45, 2.75) is 25.8 Å². The van der Waals surface area contributed by atoms with E-state index in [1.165, 1.54) is 0 Å². The molecule has 0 unspecified atom stereocenters. The monoisotopic (exact) mass is 510 g/mol. The van der Waals surface area contributed by atoms with Crippen LogP contribution < -0.4 is 11.0 Å². The molecule has 10 nitrogen and oxygen atoms in total. The number of nitrogens with one attached hydrogen (secondary N) is 1. The molecule has 38 heavy (non-hydrogen) atoms. The van der Waals surface area contributed by atoms with Gasteiger partial charge in [-0.2, -0.15) is 5.10 Å². The van der Waals surface area contributed by atoms with Gasteiger partial charge in [-0.05, 0) is 43.5 Å². The second kappa shape index (κ2) is 9.44. The molecular formula is C28H30N8O2. The number of hydrogen-bond donors (Lipinski definition) is 1. The lowest BCUT2D eigenvalue weighted by Crippen LogP contribution is -2.47. The van der Waals surface area contributed by atoms with Gasteiger partial charge in [-0.25, -0.2) is 9.59 Å². The molecule has 1 N–H and O–H groups in total. The molecule has 5 heterocycles. The summed E-state index contributed by atoms with van der Waals surface area (Å²) in [6.45, 7) is 3.67. The highest BCUT2D eigenvalue weighted by Gasteiger charge is 2.28. The second-order valence-corrected chi connectivity index (χ2v) is 9.85. The number of amides is 2. The molecule has 194 valence electrons. The summed E-state index contributed by atoms with van der Waals surface area (Å²) in [6, 6.07) is 9.96. The number of benzene rings is 1. The summed E-state index contributed by atoms with van der Waals surface area (Å²) in [5, 5.41) is 8.03. The predicted octanol–water partition coefficient (Wildman–Crippen LogP) is 3.72. The average Bonchev–Trinajstić information content (AvgIpc) is 3.49. The Morgan fingerprint density at radius 2 is 1.89 bits per heavy atom. The Hall–Kier alpha value is -4.47. The van der Waals surface area contributed by atoms with Crippen LogP contribution in [0.5, 0.6) is 0 Å². The van der Waals surface area contributed by atoms with E-state index in [0.29, 0.717) is 19.6 Å². The van der Waals surface area contributed by atoms with E-state index in [9.17, 15) is 9.59 Å². The van der Waals surface area contributed by atoms with E-state index in [-0.39, 0.29) is 17.8 Å². The van der Waals surface area contributed by atoms with E-state index < -0.39 is 0 Å². The molecule has 0 bridgehead atoms. The number of nitrogens with zero attached hydrogens (tertiary/aromatic N) is 7. The molecule has 1 aliphatic heterocycles. The van der Waals surface area contributed by atoms with Crippen LogP contribution in [0.1, 0.15) is 25.8 Å². The Morgan fingerprint density at radius 3 is 2.63 bits per heavy atom. The molecule has 5 aromatic rings. The van der Waals surface area contributed by atoms with Gasteiger partial charge in [0.15, 0.2) is 0 Å². The van der Waals surface area contributed by atoms with Crippen molar-refractivity contribution >= 4 is 28.0 Å². The molecule has 1 aromatic carbocycles. The lowest BCUT2D eigenvalue weighted by Gasteiger charge is -2.33. The van der Waals surface area contributed by atoms with E-state index in [1.807, 2.05) is 60.1 Å². The molecule has 1 fully saturated rings.